The van der Waals surface area contributed by atoms with E-state index in [1.54, 1.807) is 18.1 Å². The molecule has 0 aliphatic carbocycles. The van der Waals surface area contributed by atoms with Gasteiger partial charge in [0.1, 0.15) is 6.33 Å². The lowest BCUT2D eigenvalue weighted by Crippen LogP contribution is -2.06. The Morgan fingerprint density at radius 2 is 2.30 bits per heavy atom. The Hall–Kier alpha value is -1.82. The molecule has 1 heterocycles. The molecule has 0 aliphatic heterocycles. The number of anilines is 1. The van der Waals surface area contributed by atoms with E-state index in [0.29, 0.717) is 0 Å². The van der Waals surface area contributed by atoms with Crippen LogP contribution in [0.2, 0.25) is 0 Å². The number of carbonyl (C=O) groups is 1. The third-order valence-electron chi connectivity index (χ3n) is 2.69. The highest BCUT2D eigenvalue weighted by molar-refractivity contribution is 7.99. The van der Waals surface area contributed by atoms with Gasteiger partial charge in [0.2, 0.25) is 5.91 Å². The molecule has 1 aromatic carbocycles. The Labute approximate surface area is 122 Å². The van der Waals surface area contributed by atoms with E-state index in [1.165, 1.54) is 13.3 Å². The van der Waals surface area contributed by atoms with Crippen molar-refractivity contribution in [1.82, 2.24) is 14.8 Å². The number of carbonyl (C=O) groups excluding carboxylic acids is 1. The van der Waals surface area contributed by atoms with Crippen LogP contribution >= 0.6 is 11.8 Å². The van der Waals surface area contributed by atoms with Crippen LogP contribution in [-0.4, -0.2) is 26.4 Å². The number of amides is 1. The van der Waals surface area contributed by atoms with E-state index < -0.39 is 0 Å². The van der Waals surface area contributed by atoms with E-state index in [0.717, 1.165) is 28.7 Å². The van der Waals surface area contributed by atoms with Gasteiger partial charge in [-0.2, -0.15) is 0 Å². The first-order valence-corrected chi connectivity index (χ1v) is 7.60. The van der Waals surface area contributed by atoms with Gasteiger partial charge in [-0.05, 0) is 24.6 Å². The number of nitrogens with one attached hydrogen (secondary N) is 1. The second-order valence-corrected chi connectivity index (χ2v) is 5.48. The van der Waals surface area contributed by atoms with Crippen LogP contribution in [0.25, 0.3) is 5.69 Å². The molecule has 0 fully saturated rings. The molecule has 0 saturated carbocycles. The molecule has 0 saturated heterocycles. The van der Waals surface area contributed by atoms with Crippen molar-refractivity contribution in [3.8, 4) is 5.69 Å². The number of aromatic nitrogens is 3. The highest BCUT2D eigenvalue weighted by Crippen LogP contribution is 2.22. The molecule has 6 heteroatoms. The minimum absolute atomic E-state index is 0.0801. The summed E-state index contributed by atoms with van der Waals surface area (Å²) >= 11 is 1.69. The number of rotatable bonds is 6. The maximum absolute atomic E-state index is 11.1. The fourth-order valence-corrected chi connectivity index (χ4v) is 2.76. The minimum atomic E-state index is -0.0801. The Morgan fingerprint density at radius 3 is 3.05 bits per heavy atom. The van der Waals surface area contributed by atoms with Crippen LogP contribution in [0.5, 0.6) is 0 Å². The Balaban J connectivity index is 2.18. The van der Waals surface area contributed by atoms with E-state index in [4.69, 9.17) is 0 Å². The van der Waals surface area contributed by atoms with Gasteiger partial charge >= 0.3 is 0 Å². The molecule has 5 nitrogen and oxygen atoms in total. The molecule has 1 N–H and O–H groups in total. The zero-order valence-electron chi connectivity index (χ0n) is 11.7. The minimum Gasteiger partial charge on any atom is -0.326 e. The van der Waals surface area contributed by atoms with Crippen molar-refractivity contribution in [1.29, 1.82) is 0 Å². The van der Waals surface area contributed by atoms with Crippen LogP contribution < -0.4 is 5.32 Å². The van der Waals surface area contributed by atoms with Crippen LogP contribution in [0.3, 0.4) is 0 Å². The highest BCUT2D eigenvalue weighted by atomic mass is 32.2. The van der Waals surface area contributed by atoms with Gasteiger partial charge in [0.25, 0.3) is 0 Å². The largest absolute Gasteiger partial charge is 0.326 e. The lowest BCUT2D eigenvalue weighted by atomic mass is 10.2. The molecule has 0 atom stereocenters. The van der Waals surface area contributed by atoms with Crippen LogP contribution in [-0.2, 0) is 4.79 Å². The summed E-state index contributed by atoms with van der Waals surface area (Å²) in [5, 5.41) is 11.8. The predicted octanol–water partition coefficient (Wildman–Crippen LogP) is 3.12. The molecule has 0 bridgehead atoms. The van der Waals surface area contributed by atoms with E-state index in [9.17, 15) is 4.79 Å². The number of hydrogen-bond acceptors (Lipinski definition) is 4. The Kier molecular flexibility index (Phi) is 5.17. The standard InChI is InChI=1S/C14H18N4OS/c1-3-4-8-20-14-17-15-10-18(14)13-7-5-6-12(9-13)16-11(2)19/h5-7,9-10H,3-4,8H2,1-2H3,(H,16,19). The highest BCUT2D eigenvalue weighted by Gasteiger charge is 2.07. The third-order valence-corrected chi connectivity index (χ3v) is 3.72. The van der Waals surface area contributed by atoms with E-state index in [2.05, 4.69) is 22.4 Å². The van der Waals surface area contributed by atoms with Crippen molar-refractivity contribution in [3.05, 3.63) is 30.6 Å². The molecule has 2 rings (SSSR count). The molecule has 106 valence electrons. The first-order valence-electron chi connectivity index (χ1n) is 6.61. The van der Waals surface area contributed by atoms with Crippen LogP contribution in [0.15, 0.2) is 35.7 Å². The average Bonchev–Trinajstić information content (AvgIpc) is 2.87. The second kappa shape index (κ2) is 7.09. The third kappa shape index (κ3) is 3.84. The van der Waals surface area contributed by atoms with Gasteiger partial charge in [-0.15, -0.1) is 10.2 Å². The topological polar surface area (TPSA) is 59.8 Å². The van der Waals surface area contributed by atoms with Gasteiger partial charge in [0.05, 0.1) is 5.69 Å². The number of benzene rings is 1. The smallest absolute Gasteiger partial charge is 0.221 e. The molecule has 1 aromatic heterocycles. The predicted molar refractivity (Wildman–Crippen MR) is 81.3 cm³/mol. The van der Waals surface area contributed by atoms with Crippen molar-refractivity contribution >= 4 is 23.4 Å². The van der Waals surface area contributed by atoms with Crippen molar-refractivity contribution in [2.75, 3.05) is 11.1 Å². The molecular weight excluding hydrogens is 272 g/mol. The van der Waals surface area contributed by atoms with Gasteiger partial charge in [-0.25, -0.2) is 0 Å². The van der Waals surface area contributed by atoms with E-state index in [1.807, 2.05) is 28.8 Å². The molecular formula is C14H18N4OS. The summed E-state index contributed by atoms with van der Waals surface area (Å²) in [7, 11) is 0. The summed E-state index contributed by atoms with van der Waals surface area (Å²) in [6.45, 7) is 3.67. The van der Waals surface area contributed by atoms with Crippen LogP contribution in [0.1, 0.15) is 26.7 Å². The number of nitrogens with zero attached hydrogens (tertiary/aromatic N) is 3. The Bertz CT molecular complexity index is 582. The van der Waals surface area contributed by atoms with Crippen molar-refractivity contribution in [2.24, 2.45) is 0 Å². The summed E-state index contributed by atoms with van der Waals surface area (Å²) in [6, 6.07) is 7.65. The van der Waals surface area contributed by atoms with Gasteiger partial charge in [-0.3, -0.25) is 9.36 Å². The van der Waals surface area contributed by atoms with Gasteiger partial charge in [0.15, 0.2) is 5.16 Å². The number of thioether (sulfide) groups is 1. The van der Waals surface area contributed by atoms with Crippen LogP contribution in [0, 0.1) is 0 Å². The molecule has 2 aromatic rings. The molecule has 20 heavy (non-hydrogen) atoms. The number of hydrogen-bond donors (Lipinski definition) is 1. The van der Waals surface area contributed by atoms with E-state index in [-0.39, 0.29) is 5.91 Å². The maximum Gasteiger partial charge on any atom is 0.221 e. The monoisotopic (exact) mass is 290 g/mol. The van der Waals surface area contributed by atoms with Gasteiger partial charge in [0, 0.05) is 18.4 Å². The molecule has 1 amide bonds. The number of unbranched alkanes of at least 4 members (excludes halogenated alkanes) is 1. The lowest BCUT2D eigenvalue weighted by molar-refractivity contribution is -0.114. The summed E-state index contributed by atoms with van der Waals surface area (Å²) < 4.78 is 1.94. The summed E-state index contributed by atoms with van der Waals surface area (Å²) in [5.74, 6) is 0.948. The van der Waals surface area contributed by atoms with Crippen molar-refractivity contribution < 1.29 is 4.79 Å². The van der Waals surface area contributed by atoms with Gasteiger partial charge in [-0.1, -0.05) is 31.2 Å². The van der Waals surface area contributed by atoms with Crippen molar-refractivity contribution in [2.45, 2.75) is 31.8 Å². The van der Waals surface area contributed by atoms with E-state index >= 15 is 0 Å². The first kappa shape index (κ1) is 14.6. The Morgan fingerprint density at radius 1 is 1.45 bits per heavy atom. The van der Waals surface area contributed by atoms with Crippen molar-refractivity contribution in [3.63, 3.8) is 0 Å². The molecule has 0 unspecified atom stereocenters. The SMILES string of the molecule is CCCCSc1nncn1-c1cccc(NC(C)=O)c1. The zero-order chi connectivity index (χ0) is 14.4. The molecule has 0 spiro atoms. The summed E-state index contributed by atoms with van der Waals surface area (Å²) in [6.07, 6.45) is 4.02. The zero-order valence-corrected chi connectivity index (χ0v) is 12.5. The maximum atomic E-state index is 11.1. The van der Waals surface area contributed by atoms with Gasteiger partial charge < -0.3 is 5.32 Å². The fourth-order valence-electron chi connectivity index (χ4n) is 1.74. The second-order valence-electron chi connectivity index (χ2n) is 4.42. The average molecular weight is 290 g/mol. The van der Waals surface area contributed by atoms with Crippen LogP contribution in [0.4, 0.5) is 5.69 Å². The summed E-state index contributed by atoms with van der Waals surface area (Å²) in [5.41, 5.74) is 1.72. The lowest BCUT2D eigenvalue weighted by Gasteiger charge is -2.08. The molecule has 0 radical (unpaired) electrons. The summed E-state index contributed by atoms with van der Waals surface area (Å²) in [4.78, 5) is 11.1. The quantitative estimate of drug-likeness (QED) is 0.656. The normalized spacial score (nSPS) is 10.5. The fraction of sp³-hybridized carbons (Fsp3) is 0.357. The molecule has 0 aliphatic rings. The first-order chi connectivity index (χ1) is 9.70.